The molecular weight excluding hydrogens is 229 g/mol. The number of rotatable bonds is 3. The Morgan fingerprint density at radius 3 is 2.67 bits per heavy atom. The van der Waals surface area contributed by atoms with Crippen molar-refractivity contribution in [3.05, 3.63) is 59.4 Å². The third-order valence-corrected chi connectivity index (χ3v) is 2.86. The molecule has 1 atom stereocenters. The van der Waals surface area contributed by atoms with E-state index in [1.165, 1.54) is 12.1 Å². The second-order valence-electron chi connectivity index (χ2n) is 4.44. The molecular formula is C15H16FNO. The molecule has 94 valence electrons. The monoisotopic (exact) mass is 245 g/mol. The minimum absolute atomic E-state index is 0.0910. The van der Waals surface area contributed by atoms with Gasteiger partial charge in [-0.1, -0.05) is 23.8 Å². The molecule has 0 aliphatic rings. The van der Waals surface area contributed by atoms with Gasteiger partial charge in [0.25, 0.3) is 0 Å². The van der Waals surface area contributed by atoms with Crippen LogP contribution in [0.5, 0.6) is 5.75 Å². The summed E-state index contributed by atoms with van der Waals surface area (Å²) in [5.74, 6) is -0.0299. The predicted molar refractivity (Wildman–Crippen MR) is 71.3 cm³/mol. The highest BCUT2D eigenvalue weighted by Gasteiger charge is 2.10. The molecule has 0 heterocycles. The van der Waals surface area contributed by atoms with Gasteiger partial charge in [0.1, 0.15) is 11.6 Å². The van der Waals surface area contributed by atoms with E-state index in [9.17, 15) is 9.50 Å². The molecule has 0 aromatic heterocycles. The minimum atomic E-state index is -0.277. The van der Waals surface area contributed by atoms with Crippen molar-refractivity contribution >= 4 is 5.69 Å². The summed E-state index contributed by atoms with van der Waals surface area (Å²) < 4.78 is 13.1. The van der Waals surface area contributed by atoms with Gasteiger partial charge in [0.05, 0.1) is 6.04 Å². The molecule has 0 radical (unpaired) electrons. The van der Waals surface area contributed by atoms with Gasteiger partial charge in [0.2, 0.25) is 0 Å². The second kappa shape index (κ2) is 5.08. The molecule has 0 spiro atoms. The van der Waals surface area contributed by atoms with E-state index in [0.29, 0.717) is 5.69 Å². The summed E-state index contributed by atoms with van der Waals surface area (Å²) in [6.07, 6.45) is 0. The fourth-order valence-electron chi connectivity index (χ4n) is 1.93. The Morgan fingerprint density at radius 2 is 1.94 bits per heavy atom. The van der Waals surface area contributed by atoms with Crippen LogP contribution in [0.1, 0.15) is 24.1 Å². The van der Waals surface area contributed by atoms with Crippen molar-refractivity contribution in [2.24, 2.45) is 0 Å². The fourth-order valence-corrected chi connectivity index (χ4v) is 1.93. The molecule has 2 nitrogen and oxygen atoms in total. The van der Waals surface area contributed by atoms with Gasteiger partial charge in [0.15, 0.2) is 0 Å². The lowest BCUT2D eigenvalue weighted by molar-refractivity contribution is 0.465. The number of aromatic hydroxyl groups is 1. The van der Waals surface area contributed by atoms with Crippen molar-refractivity contribution in [3.63, 3.8) is 0 Å². The molecule has 2 rings (SSSR count). The third kappa shape index (κ3) is 2.80. The van der Waals surface area contributed by atoms with Crippen molar-refractivity contribution in [3.8, 4) is 5.75 Å². The lowest BCUT2D eigenvalue weighted by Crippen LogP contribution is -2.07. The zero-order valence-corrected chi connectivity index (χ0v) is 10.4. The Labute approximate surface area is 106 Å². The quantitative estimate of drug-likeness (QED) is 0.856. The molecule has 0 aliphatic heterocycles. The predicted octanol–water partition coefficient (Wildman–Crippen LogP) is 4.01. The first-order valence-corrected chi connectivity index (χ1v) is 5.88. The summed E-state index contributed by atoms with van der Waals surface area (Å²) in [4.78, 5) is 0. The zero-order valence-electron chi connectivity index (χ0n) is 10.4. The van der Waals surface area contributed by atoms with Crippen LogP contribution in [0, 0.1) is 12.7 Å². The maximum absolute atomic E-state index is 13.1. The van der Waals surface area contributed by atoms with E-state index in [2.05, 4.69) is 5.32 Å². The number of anilines is 1. The summed E-state index contributed by atoms with van der Waals surface area (Å²) in [5.41, 5.74) is 2.58. The van der Waals surface area contributed by atoms with Crippen molar-refractivity contribution in [1.29, 1.82) is 0 Å². The number of hydrogen-bond donors (Lipinski definition) is 2. The van der Waals surface area contributed by atoms with Crippen molar-refractivity contribution in [1.82, 2.24) is 0 Å². The Kier molecular flexibility index (Phi) is 3.51. The van der Waals surface area contributed by atoms with E-state index in [-0.39, 0.29) is 17.6 Å². The number of nitrogens with one attached hydrogen (secondary N) is 1. The minimum Gasteiger partial charge on any atom is -0.508 e. The van der Waals surface area contributed by atoms with Gasteiger partial charge in [-0.05, 0) is 38.1 Å². The number of phenolic OH excluding ortho intramolecular Hbond substituents is 1. The van der Waals surface area contributed by atoms with Gasteiger partial charge < -0.3 is 10.4 Å². The number of benzene rings is 2. The topological polar surface area (TPSA) is 32.3 Å². The average molecular weight is 245 g/mol. The van der Waals surface area contributed by atoms with Crippen LogP contribution < -0.4 is 5.32 Å². The fraction of sp³-hybridized carbons (Fsp3) is 0.200. The molecule has 0 fully saturated rings. The number of hydrogen-bond acceptors (Lipinski definition) is 2. The maximum atomic E-state index is 13.1. The Morgan fingerprint density at radius 1 is 1.17 bits per heavy atom. The van der Waals surface area contributed by atoms with E-state index in [1.807, 2.05) is 26.0 Å². The van der Waals surface area contributed by atoms with Gasteiger partial charge in [-0.25, -0.2) is 4.39 Å². The molecule has 0 aliphatic carbocycles. The molecule has 18 heavy (non-hydrogen) atoms. The van der Waals surface area contributed by atoms with Gasteiger partial charge in [-0.15, -0.1) is 0 Å². The Balaban J connectivity index is 2.21. The smallest absolute Gasteiger partial charge is 0.125 e. The van der Waals surface area contributed by atoms with Gasteiger partial charge in [-0.2, -0.15) is 0 Å². The van der Waals surface area contributed by atoms with Crippen molar-refractivity contribution < 1.29 is 9.50 Å². The number of phenols is 1. The van der Waals surface area contributed by atoms with Gasteiger partial charge in [-0.3, -0.25) is 0 Å². The molecule has 2 aromatic carbocycles. The summed E-state index contributed by atoms with van der Waals surface area (Å²) in [6, 6.07) is 11.6. The first-order chi connectivity index (χ1) is 8.56. The number of aryl methyl sites for hydroxylation is 1. The number of halogens is 1. The first kappa shape index (κ1) is 12.4. The van der Waals surface area contributed by atoms with Crippen LogP contribution in [0.2, 0.25) is 0 Å². The summed E-state index contributed by atoms with van der Waals surface area (Å²) >= 11 is 0. The Bertz CT molecular complexity index is 554. The third-order valence-electron chi connectivity index (χ3n) is 2.86. The summed E-state index contributed by atoms with van der Waals surface area (Å²) in [7, 11) is 0. The van der Waals surface area contributed by atoms with E-state index < -0.39 is 0 Å². The van der Waals surface area contributed by atoms with E-state index in [4.69, 9.17) is 0 Å². The maximum Gasteiger partial charge on any atom is 0.125 e. The lowest BCUT2D eigenvalue weighted by atomic mass is 10.0. The molecule has 1 unspecified atom stereocenters. The first-order valence-electron chi connectivity index (χ1n) is 5.88. The van der Waals surface area contributed by atoms with Crippen LogP contribution in [0.4, 0.5) is 10.1 Å². The van der Waals surface area contributed by atoms with Gasteiger partial charge in [0, 0.05) is 11.3 Å². The van der Waals surface area contributed by atoms with Gasteiger partial charge >= 0.3 is 0 Å². The van der Waals surface area contributed by atoms with Crippen LogP contribution >= 0.6 is 0 Å². The standard InChI is InChI=1S/C15H16FNO/c1-10-6-7-15(18)14(8-10)11(2)17-13-5-3-4-12(16)9-13/h3-9,11,17-18H,1-2H3. The summed E-state index contributed by atoms with van der Waals surface area (Å²) in [5, 5.41) is 13.0. The van der Waals surface area contributed by atoms with Crippen LogP contribution in [-0.2, 0) is 0 Å². The molecule has 0 saturated heterocycles. The molecule has 0 amide bonds. The van der Waals surface area contributed by atoms with Crippen LogP contribution in [-0.4, -0.2) is 5.11 Å². The highest BCUT2D eigenvalue weighted by atomic mass is 19.1. The average Bonchev–Trinajstić information content (AvgIpc) is 2.32. The normalized spacial score (nSPS) is 12.2. The second-order valence-corrected chi connectivity index (χ2v) is 4.44. The van der Waals surface area contributed by atoms with Crippen molar-refractivity contribution in [2.75, 3.05) is 5.32 Å². The molecule has 3 heteroatoms. The van der Waals surface area contributed by atoms with E-state index in [0.717, 1.165) is 11.1 Å². The highest BCUT2D eigenvalue weighted by Crippen LogP contribution is 2.27. The zero-order chi connectivity index (χ0) is 13.1. The van der Waals surface area contributed by atoms with Crippen molar-refractivity contribution in [2.45, 2.75) is 19.9 Å². The molecule has 2 N–H and O–H groups in total. The van der Waals surface area contributed by atoms with E-state index >= 15 is 0 Å². The molecule has 0 bridgehead atoms. The summed E-state index contributed by atoms with van der Waals surface area (Å²) in [6.45, 7) is 3.90. The van der Waals surface area contributed by atoms with Crippen LogP contribution in [0.15, 0.2) is 42.5 Å². The lowest BCUT2D eigenvalue weighted by Gasteiger charge is -2.17. The molecule has 2 aromatic rings. The van der Waals surface area contributed by atoms with Crippen LogP contribution in [0.25, 0.3) is 0 Å². The molecule has 0 saturated carbocycles. The van der Waals surface area contributed by atoms with Crippen LogP contribution in [0.3, 0.4) is 0 Å². The SMILES string of the molecule is Cc1ccc(O)c(C(C)Nc2cccc(F)c2)c1. The Hall–Kier alpha value is -2.03. The largest absolute Gasteiger partial charge is 0.508 e. The highest BCUT2D eigenvalue weighted by molar-refractivity contribution is 5.48. The van der Waals surface area contributed by atoms with E-state index in [1.54, 1.807) is 18.2 Å².